The van der Waals surface area contributed by atoms with E-state index in [4.69, 9.17) is 5.11 Å². The second-order valence-corrected chi connectivity index (χ2v) is 4.59. The number of hydrogen-bond acceptors (Lipinski definition) is 2. The van der Waals surface area contributed by atoms with E-state index >= 15 is 0 Å². The summed E-state index contributed by atoms with van der Waals surface area (Å²) in [6.45, 7) is 0. The standard InChI is InChI=1S/C10H7OP.C6H6O/c11-12-10-7-3-5-8-4-1-2-6-9(8)10;7-6-4-2-1-3-5-6/h1-7H;1-5,7H. The minimum Gasteiger partial charge on any atom is -0.508 e. The Bertz CT molecular complexity index is 660. The van der Waals surface area contributed by atoms with Crippen LogP contribution in [-0.2, 0) is 4.57 Å². The molecule has 0 fully saturated rings. The summed E-state index contributed by atoms with van der Waals surface area (Å²) < 4.78 is 10.7. The molecular formula is C16H13O2P. The molecule has 0 heterocycles. The molecule has 94 valence electrons. The minimum atomic E-state index is 0.0911. The van der Waals surface area contributed by atoms with Crippen LogP contribution in [0, 0.1) is 0 Å². The third-order valence-electron chi connectivity index (χ3n) is 2.62. The van der Waals surface area contributed by atoms with Crippen LogP contribution in [0.4, 0.5) is 0 Å². The molecule has 0 spiro atoms. The first-order chi connectivity index (χ1) is 9.31. The Kier molecular flexibility index (Phi) is 4.66. The number of rotatable bonds is 1. The lowest BCUT2D eigenvalue weighted by Crippen LogP contribution is -1.91. The zero-order valence-corrected chi connectivity index (χ0v) is 11.1. The third-order valence-corrected chi connectivity index (χ3v) is 3.21. The summed E-state index contributed by atoms with van der Waals surface area (Å²) >= 11 is 0. The Hall–Kier alpha value is -2.18. The zero-order valence-electron chi connectivity index (χ0n) is 10.2. The maximum absolute atomic E-state index is 10.7. The molecule has 3 aromatic carbocycles. The largest absolute Gasteiger partial charge is 0.508 e. The summed E-state index contributed by atoms with van der Waals surface area (Å²) in [5.41, 5.74) is 0. The van der Waals surface area contributed by atoms with E-state index in [0.717, 1.165) is 16.1 Å². The first kappa shape index (κ1) is 13.3. The lowest BCUT2D eigenvalue weighted by atomic mass is 10.1. The van der Waals surface area contributed by atoms with E-state index < -0.39 is 0 Å². The van der Waals surface area contributed by atoms with Crippen LogP contribution in [0.25, 0.3) is 10.8 Å². The van der Waals surface area contributed by atoms with Crippen LogP contribution in [0.15, 0.2) is 72.8 Å². The summed E-state index contributed by atoms with van der Waals surface area (Å²) in [5, 5.41) is 11.7. The van der Waals surface area contributed by atoms with Crippen LogP contribution in [0.1, 0.15) is 0 Å². The van der Waals surface area contributed by atoms with Crippen molar-refractivity contribution in [1.29, 1.82) is 0 Å². The van der Waals surface area contributed by atoms with Crippen LogP contribution in [0.3, 0.4) is 0 Å². The van der Waals surface area contributed by atoms with Crippen molar-refractivity contribution in [2.45, 2.75) is 0 Å². The normalized spacial score (nSPS) is 9.89. The molecular weight excluding hydrogens is 255 g/mol. The predicted octanol–water partition coefficient (Wildman–Crippen LogP) is 4.15. The first-order valence-corrected chi connectivity index (χ1v) is 6.67. The molecule has 0 amide bonds. The molecule has 0 saturated heterocycles. The van der Waals surface area contributed by atoms with Crippen LogP contribution in [0.5, 0.6) is 5.75 Å². The van der Waals surface area contributed by atoms with E-state index in [9.17, 15) is 4.57 Å². The molecule has 0 bridgehead atoms. The van der Waals surface area contributed by atoms with Gasteiger partial charge in [-0.05, 0) is 29.0 Å². The number of phenols is 1. The van der Waals surface area contributed by atoms with Crippen molar-refractivity contribution in [2.75, 3.05) is 0 Å². The molecule has 0 unspecified atom stereocenters. The van der Waals surface area contributed by atoms with Crippen LogP contribution < -0.4 is 5.30 Å². The van der Waals surface area contributed by atoms with E-state index in [2.05, 4.69) is 0 Å². The highest BCUT2D eigenvalue weighted by Gasteiger charge is 1.97. The summed E-state index contributed by atoms with van der Waals surface area (Å²) in [6.07, 6.45) is 0. The van der Waals surface area contributed by atoms with Crippen LogP contribution in [-0.4, -0.2) is 5.11 Å². The van der Waals surface area contributed by atoms with Gasteiger partial charge in [0.15, 0.2) is 8.46 Å². The average molecular weight is 268 g/mol. The number of hydrogen-bond donors (Lipinski definition) is 1. The van der Waals surface area contributed by atoms with Crippen molar-refractivity contribution in [3.05, 3.63) is 72.8 Å². The van der Waals surface area contributed by atoms with Gasteiger partial charge < -0.3 is 5.11 Å². The SMILES string of the molecule is O=Pc1cccc2ccccc12.Oc1ccccc1. The van der Waals surface area contributed by atoms with Crippen molar-refractivity contribution in [3.63, 3.8) is 0 Å². The molecule has 0 saturated carbocycles. The Morgan fingerprint density at radius 3 is 2.00 bits per heavy atom. The second-order valence-electron chi connectivity index (χ2n) is 3.93. The fourth-order valence-electron chi connectivity index (χ4n) is 1.72. The summed E-state index contributed by atoms with van der Waals surface area (Å²) in [5.74, 6) is 0.322. The zero-order chi connectivity index (χ0) is 13.5. The number of para-hydroxylation sites is 1. The molecule has 2 nitrogen and oxygen atoms in total. The number of phenolic OH excluding ortho intramolecular Hbond substituents is 1. The summed E-state index contributed by atoms with van der Waals surface area (Å²) in [4.78, 5) is 0. The number of fused-ring (bicyclic) bond motifs is 1. The van der Waals surface area contributed by atoms with Crippen LogP contribution >= 0.6 is 8.46 Å². The maximum atomic E-state index is 10.7. The van der Waals surface area contributed by atoms with Gasteiger partial charge in [0.1, 0.15) is 5.75 Å². The first-order valence-electron chi connectivity index (χ1n) is 5.86. The molecule has 3 heteroatoms. The van der Waals surface area contributed by atoms with Crippen LogP contribution in [0.2, 0.25) is 0 Å². The van der Waals surface area contributed by atoms with Gasteiger partial charge in [0.25, 0.3) is 0 Å². The smallest absolute Gasteiger partial charge is 0.192 e. The van der Waals surface area contributed by atoms with E-state index in [1.807, 2.05) is 48.5 Å². The van der Waals surface area contributed by atoms with Gasteiger partial charge in [-0.3, -0.25) is 4.57 Å². The van der Waals surface area contributed by atoms with Gasteiger partial charge >= 0.3 is 0 Å². The van der Waals surface area contributed by atoms with E-state index in [-0.39, 0.29) is 8.46 Å². The lowest BCUT2D eigenvalue weighted by molar-refractivity contribution is 0.475. The van der Waals surface area contributed by atoms with Gasteiger partial charge in [0.05, 0.1) is 5.30 Å². The Morgan fingerprint density at radius 1 is 0.737 bits per heavy atom. The quantitative estimate of drug-likeness (QED) is 0.673. The monoisotopic (exact) mass is 268 g/mol. The molecule has 0 radical (unpaired) electrons. The van der Waals surface area contributed by atoms with E-state index in [1.54, 1.807) is 24.3 Å². The average Bonchev–Trinajstić information content (AvgIpc) is 2.48. The van der Waals surface area contributed by atoms with E-state index in [1.165, 1.54) is 0 Å². The molecule has 19 heavy (non-hydrogen) atoms. The molecule has 1 N–H and O–H groups in total. The third kappa shape index (κ3) is 3.64. The summed E-state index contributed by atoms with van der Waals surface area (Å²) in [7, 11) is 0.0911. The second kappa shape index (κ2) is 6.67. The summed E-state index contributed by atoms with van der Waals surface area (Å²) in [6, 6.07) is 22.5. The van der Waals surface area contributed by atoms with Gasteiger partial charge in [-0.1, -0.05) is 54.6 Å². The van der Waals surface area contributed by atoms with Crippen molar-refractivity contribution < 1.29 is 9.67 Å². The highest BCUT2D eigenvalue weighted by atomic mass is 31.1. The molecule has 3 aromatic rings. The number of benzene rings is 3. The number of aromatic hydroxyl groups is 1. The van der Waals surface area contributed by atoms with Gasteiger partial charge in [-0.2, -0.15) is 0 Å². The molecule has 0 atom stereocenters. The molecule has 0 aliphatic rings. The molecule has 0 aliphatic heterocycles. The fourth-order valence-corrected chi connectivity index (χ4v) is 2.16. The van der Waals surface area contributed by atoms with Crippen molar-refractivity contribution in [1.82, 2.24) is 0 Å². The van der Waals surface area contributed by atoms with Gasteiger partial charge in [0, 0.05) is 0 Å². The Morgan fingerprint density at radius 2 is 1.37 bits per heavy atom. The van der Waals surface area contributed by atoms with Gasteiger partial charge in [-0.15, -0.1) is 0 Å². The van der Waals surface area contributed by atoms with Crippen molar-refractivity contribution in [3.8, 4) is 5.75 Å². The van der Waals surface area contributed by atoms with Gasteiger partial charge in [-0.25, -0.2) is 0 Å². The van der Waals surface area contributed by atoms with Crippen molar-refractivity contribution in [2.24, 2.45) is 0 Å². The maximum Gasteiger partial charge on any atom is 0.192 e. The highest BCUT2D eigenvalue weighted by Crippen LogP contribution is 2.13. The van der Waals surface area contributed by atoms with E-state index in [0.29, 0.717) is 5.75 Å². The minimum absolute atomic E-state index is 0.0911. The fraction of sp³-hybridized carbons (Fsp3) is 0. The van der Waals surface area contributed by atoms with Gasteiger partial charge in [0.2, 0.25) is 0 Å². The predicted molar refractivity (Wildman–Crippen MR) is 79.3 cm³/mol. The Balaban J connectivity index is 0.000000163. The topological polar surface area (TPSA) is 37.3 Å². The molecule has 3 rings (SSSR count). The lowest BCUT2D eigenvalue weighted by Gasteiger charge is -1.97. The molecule has 0 aromatic heterocycles. The Labute approximate surface area is 113 Å². The molecule has 0 aliphatic carbocycles. The highest BCUT2D eigenvalue weighted by molar-refractivity contribution is 7.34. The van der Waals surface area contributed by atoms with Crippen molar-refractivity contribution >= 4 is 24.5 Å².